The maximum atomic E-state index is 5.81. The minimum Gasteiger partial charge on any atom is -0.303 e. The molecule has 1 aromatic carbocycles. The van der Waals surface area contributed by atoms with E-state index in [4.69, 9.17) is 11.6 Å². The average molecular weight is 221 g/mol. The Balaban J connectivity index is 2.49. The summed E-state index contributed by atoms with van der Waals surface area (Å²) in [5.74, 6) is 0.542. The lowest BCUT2D eigenvalue weighted by Gasteiger charge is -2.06. The fraction of sp³-hybridized carbons (Fsp3) is 0.250. The van der Waals surface area contributed by atoms with Gasteiger partial charge in [0.1, 0.15) is 0 Å². The van der Waals surface area contributed by atoms with Gasteiger partial charge in [-0.05, 0) is 31.5 Å². The molecule has 0 unspecified atom stereocenters. The van der Waals surface area contributed by atoms with E-state index in [0.29, 0.717) is 5.88 Å². The summed E-state index contributed by atoms with van der Waals surface area (Å²) in [6.07, 6.45) is 1.85. The van der Waals surface area contributed by atoms with Crippen LogP contribution >= 0.6 is 11.6 Å². The molecule has 0 atom stereocenters. The highest BCUT2D eigenvalue weighted by molar-refractivity contribution is 6.17. The van der Waals surface area contributed by atoms with E-state index in [2.05, 4.69) is 28.6 Å². The molecule has 0 saturated carbocycles. The molecule has 0 saturated heterocycles. The number of hydrogen-bond donors (Lipinski definition) is 0. The molecule has 0 amide bonds. The third-order valence-electron chi connectivity index (χ3n) is 2.59. The second kappa shape index (κ2) is 4.07. The molecule has 78 valence electrons. The van der Waals surface area contributed by atoms with E-state index < -0.39 is 0 Å². The van der Waals surface area contributed by atoms with Crippen molar-refractivity contribution in [2.45, 2.75) is 19.7 Å². The number of aryl methyl sites for hydroxylation is 1. The monoisotopic (exact) mass is 220 g/mol. The number of nitrogens with zero attached hydrogens (tertiary/aromatic N) is 2. The topological polar surface area (TPSA) is 17.8 Å². The fourth-order valence-electron chi connectivity index (χ4n) is 1.55. The van der Waals surface area contributed by atoms with Crippen LogP contribution in [0.25, 0.3) is 5.69 Å². The Morgan fingerprint density at radius 2 is 2.13 bits per heavy atom. The molecule has 15 heavy (non-hydrogen) atoms. The Morgan fingerprint density at radius 1 is 1.33 bits per heavy atom. The first kappa shape index (κ1) is 10.2. The summed E-state index contributed by atoms with van der Waals surface area (Å²) in [5.41, 5.74) is 4.47. The third kappa shape index (κ3) is 1.90. The van der Waals surface area contributed by atoms with E-state index in [1.165, 1.54) is 5.69 Å². The van der Waals surface area contributed by atoms with Gasteiger partial charge >= 0.3 is 0 Å². The Kier molecular flexibility index (Phi) is 2.78. The quantitative estimate of drug-likeness (QED) is 0.711. The molecular formula is C12H13ClN2. The molecule has 0 bridgehead atoms. The molecule has 0 fully saturated rings. The van der Waals surface area contributed by atoms with Gasteiger partial charge in [0, 0.05) is 17.3 Å². The smallest absolute Gasteiger partial charge is 0.0997 e. The lowest BCUT2D eigenvalue weighted by atomic mass is 10.2. The maximum Gasteiger partial charge on any atom is 0.0997 e. The van der Waals surface area contributed by atoms with Crippen LogP contribution < -0.4 is 0 Å². The van der Waals surface area contributed by atoms with Crippen LogP contribution in [-0.2, 0) is 5.88 Å². The number of aromatic nitrogens is 2. The first-order chi connectivity index (χ1) is 7.22. The number of benzene rings is 1. The van der Waals surface area contributed by atoms with Crippen molar-refractivity contribution in [1.29, 1.82) is 0 Å². The number of halogens is 1. The third-order valence-corrected chi connectivity index (χ3v) is 2.90. The molecule has 0 radical (unpaired) electrons. The maximum absolute atomic E-state index is 5.81. The Hall–Kier alpha value is -1.28. The molecule has 0 aliphatic carbocycles. The molecule has 0 aliphatic rings. The predicted molar refractivity (Wildman–Crippen MR) is 62.6 cm³/mol. The largest absolute Gasteiger partial charge is 0.303 e. The van der Waals surface area contributed by atoms with Gasteiger partial charge in [0.15, 0.2) is 0 Å². The normalized spacial score (nSPS) is 10.6. The predicted octanol–water partition coefficient (Wildman–Crippen LogP) is 3.23. The zero-order valence-electron chi connectivity index (χ0n) is 8.87. The summed E-state index contributed by atoms with van der Waals surface area (Å²) in [6, 6.07) is 8.18. The average Bonchev–Trinajstić information content (AvgIpc) is 2.60. The summed E-state index contributed by atoms with van der Waals surface area (Å²) in [6.45, 7) is 4.08. The van der Waals surface area contributed by atoms with Gasteiger partial charge in [-0.25, -0.2) is 4.98 Å². The second-order valence-electron chi connectivity index (χ2n) is 3.59. The van der Waals surface area contributed by atoms with Gasteiger partial charge in [-0.2, -0.15) is 0 Å². The van der Waals surface area contributed by atoms with Crippen molar-refractivity contribution < 1.29 is 0 Å². The van der Waals surface area contributed by atoms with Crippen molar-refractivity contribution in [2.75, 3.05) is 0 Å². The second-order valence-corrected chi connectivity index (χ2v) is 3.86. The van der Waals surface area contributed by atoms with Crippen LogP contribution in [0.2, 0.25) is 0 Å². The van der Waals surface area contributed by atoms with Crippen molar-refractivity contribution >= 4 is 11.6 Å². The fourth-order valence-corrected chi connectivity index (χ4v) is 1.71. The molecule has 3 heteroatoms. The van der Waals surface area contributed by atoms with Crippen molar-refractivity contribution in [3.8, 4) is 5.69 Å². The lowest BCUT2D eigenvalue weighted by Crippen LogP contribution is -1.95. The molecule has 1 aromatic heterocycles. The van der Waals surface area contributed by atoms with Gasteiger partial charge < -0.3 is 4.57 Å². The van der Waals surface area contributed by atoms with Crippen LogP contribution in [-0.4, -0.2) is 9.55 Å². The van der Waals surface area contributed by atoms with Crippen LogP contribution in [0.1, 0.15) is 17.0 Å². The van der Waals surface area contributed by atoms with Gasteiger partial charge in [-0.3, -0.25) is 0 Å². The van der Waals surface area contributed by atoms with Crippen LogP contribution in [0, 0.1) is 13.8 Å². The number of hydrogen-bond acceptors (Lipinski definition) is 1. The molecular weight excluding hydrogens is 208 g/mol. The van der Waals surface area contributed by atoms with E-state index in [-0.39, 0.29) is 0 Å². The summed E-state index contributed by atoms with van der Waals surface area (Å²) in [5, 5.41) is 0. The van der Waals surface area contributed by atoms with E-state index in [1.54, 1.807) is 0 Å². The summed E-state index contributed by atoms with van der Waals surface area (Å²) in [7, 11) is 0. The zero-order valence-corrected chi connectivity index (χ0v) is 9.62. The molecule has 0 spiro atoms. The summed E-state index contributed by atoms with van der Waals surface area (Å²) < 4.78 is 2.07. The van der Waals surface area contributed by atoms with Gasteiger partial charge in [0.05, 0.1) is 12.0 Å². The summed E-state index contributed by atoms with van der Waals surface area (Å²) in [4.78, 5) is 4.28. The Labute approximate surface area is 94.5 Å². The van der Waals surface area contributed by atoms with Crippen LogP contribution in [0.5, 0.6) is 0 Å². The highest BCUT2D eigenvalue weighted by Gasteiger charge is 2.04. The van der Waals surface area contributed by atoms with Crippen LogP contribution in [0.15, 0.2) is 30.6 Å². The number of imidazole rings is 1. The highest BCUT2D eigenvalue weighted by atomic mass is 35.5. The first-order valence-corrected chi connectivity index (χ1v) is 5.41. The Morgan fingerprint density at radius 3 is 2.73 bits per heavy atom. The minimum absolute atomic E-state index is 0.542. The number of alkyl halides is 1. The van der Waals surface area contributed by atoms with Gasteiger partial charge in [-0.1, -0.05) is 12.1 Å². The van der Waals surface area contributed by atoms with E-state index in [1.807, 2.05) is 25.4 Å². The molecule has 1 heterocycles. The van der Waals surface area contributed by atoms with E-state index in [0.717, 1.165) is 16.9 Å². The van der Waals surface area contributed by atoms with Crippen molar-refractivity contribution in [3.05, 3.63) is 47.5 Å². The highest BCUT2D eigenvalue weighted by Crippen LogP contribution is 2.15. The molecule has 0 aliphatic heterocycles. The Bertz CT molecular complexity index is 474. The molecule has 2 rings (SSSR count). The van der Waals surface area contributed by atoms with Gasteiger partial charge in [-0.15, -0.1) is 11.6 Å². The molecule has 2 aromatic rings. The molecule has 0 N–H and O–H groups in total. The van der Waals surface area contributed by atoms with Crippen molar-refractivity contribution in [1.82, 2.24) is 9.55 Å². The SMILES string of the molecule is Cc1ncn(-c2cccc(CCl)c2)c1C. The zero-order chi connectivity index (χ0) is 10.8. The van der Waals surface area contributed by atoms with E-state index in [9.17, 15) is 0 Å². The molecule has 2 nitrogen and oxygen atoms in total. The minimum atomic E-state index is 0.542. The van der Waals surface area contributed by atoms with Gasteiger partial charge in [0.2, 0.25) is 0 Å². The lowest BCUT2D eigenvalue weighted by molar-refractivity contribution is 0.997. The standard InChI is InChI=1S/C12H13ClN2/c1-9-10(2)15(8-14-9)12-5-3-4-11(6-12)7-13/h3-6,8H,7H2,1-2H3. The van der Waals surface area contributed by atoms with Crippen molar-refractivity contribution in [3.63, 3.8) is 0 Å². The van der Waals surface area contributed by atoms with Crippen molar-refractivity contribution in [2.24, 2.45) is 0 Å². The van der Waals surface area contributed by atoms with Crippen LogP contribution in [0.4, 0.5) is 0 Å². The van der Waals surface area contributed by atoms with Gasteiger partial charge in [0.25, 0.3) is 0 Å². The van der Waals surface area contributed by atoms with E-state index >= 15 is 0 Å². The first-order valence-electron chi connectivity index (χ1n) is 4.88. The van der Waals surface area contributed by atoms with Crippen LogP contribution in [0.3, 0.4) is 0 Å². The summed E-state index contributed by atoms with van der Waals surface area (Å²) >= 11 is 5.81. The number of rotatable bonds is 2.